The number of para-hydroxylation sites is 1. The number of nitrogens with one attached hydrogen (secondary N) is 1. The van der Waals surface area contributed by atoms with Crippen molar-refractivity contribution in [1.29, 1.82) is 0 Å². The number of benzene rings is 1. The van der Waals surface area contributed by atoms with Gasteiger partial charge in [0.15, 0.2) is 0 Å². The highest BCUT2D eigenvalue weighted by molar-refractivity contribution is 5.77. The monoisotopic (exact) mass is 217 g/mol. The van der Waals surface area contributed by atoms with Crippen molar-refractivity contribution in [3.05, 3.63) is 36.1 Å². The minimum atomic E-state index is 0.340. The summed E-state index contributed by atoms with van der Waals surface area (Å²) in [7, 11) is 0. The second kappa shape index (κ2) is 5.17. The lowest BCUT2D eigenvalue weighted by Gasteiger charge is -2.13. The second-order valence-corrected chi connectivity index (χ2v) is 4.10. The zero-order valence-electron chi connectivity index (χ0n) is 9.99. The van der Waals surface area contributed by atoms with Crippen molar-refractivity contribution in [3.8, 4) is 0 Å². The minimum absolute atomic E-state index is 0.340. The maximum Gasteiger partial charge on any atom is 0.134 e. The van der Waals surface area contributed by atoms with Crippen molar-refractivity contribution < 1.29 is 4.42 Å². The van der Waals surface area contributed by atoms with Crippen LogP contribution in [0, 0.1) is 0 Å². The van der Waals surface area contributed by atoms with E-state index in [2.05, 4.69) is 31.3 Å². The summed E-state index contributed by atoms with van der Waals surface area (Å²) >= 11 is 0. The van der Waals surface area contributed by atoms with Gasteiger partial charge in [-0.3, -0.25) is 0 Å². The standard InChI is InChI=1S/C14H19NO/c1-3-9-15-12(4-2)14-10-11-7-5-6-8-13(11)16-14/h5-8,10,12,15H,3-4,9H2,1-2H3. The number of hydrogen-bond donors (Lipinski definition) is 1. The van der Waals surface area contributed by atoms with Gasteiger partial charge in [0.05, 0.1) is 6.04 Å². The molecule has 1 N–H and O–H groups in total. The molecule has 1 atom stereocenters. The molecular weight excluding hydrogens is 198 g/mol. The summed E-state index contributed by atoms with van der Waals surface area (Å²) in [6, 6.07) is 10.7. The Bertz CT molecular complexity index is 414. The highest BCUT2D eigenvalue weighted by atomic mass is 16.3. The molecular formula is C14H19NO. The van der Waals surface area contributed by atoms with E-state index in [0.717, 1.165) is 30.7 Å². The van der Waals surface area contributed by atoms with Crippen LogP contribution in [0.1, 0.15) is 38.5 Å². The molecule has 2 heteroatoms. The molecule has 1 heterocycles. The van der Waals surface area contributed by atoms with Crippen LogP contribution in [0.25, 0.3) is 11.0 Å². The highest BCUT2D eigenvalue weighted by Crippen LogP contribution is 2.25. The Kier molecular flexibility index (Phi) is 3.62. The molecule has 86 valence electrons. The fourth-order valence-corrected chi connectivity index (χ4v) is 1.94. The molecule has 0 saturated heterocycles. The summed E-state index contributed by atoms with van der Waals surface area (Å²) in [5.41, 5.74) is 0.981. The SMILES string of the molecule is CCCNC(CC)c1cc2ccccc2o1. The number of hydrogen-bond acceptors (Lipinski definition) is 2. The summed E-state index contributed by atoms with van der Waals surface area (Å²) in [4.78, 5) is 0. The van der Waals surface area contributed by atoms with Gasteiger partial charge in [0, 0.05) is 5.39 Å². The van der Waals surface area contributed by atoms with Gasteiger partial charge in [0.25, 0.3) is 0 Å². The predicted octanol–water partition coefficient (Wildman–Crippen LogP) is 3.88. The first-order valence-corrected chi connectivity index (χ1v) is 6.07. The van der Waals surface area contributed by atoms with Crippen LogP contribution >= 0.6 is 0 Å². The van der Waals surface area contributed by atoms with Crippen LogP contribution in [0.5, 0.6) is 0 Å². The summed E-state index contributed by atoms with van der Waals surface area (Å²) in [6.45, 7) is 5.40. The van der Waals surface area contributed by atoms with E-state index in [9.17, 15) is 0 Å². The van der Waals surface area contributed by atoms with Gasteiger partial charge in [0.2, 0.25) is 0 Å². The molecule has 1 aromatic carbocycles. The van der Waals surface area contributed by atoms with Crippen LogP contribution < -0.4 is 5.32 Å². The third-order valence-electron chi connectivity index (χ3n) is 2.84. The number of furan rings is 1. The van der Waals surface area contributed by atoms with E-state index in [4.69, 9.17) is 4.42 Å². The Morgan fingerprint density at radius 2 is 2.06 bits per heavy atom. The molecule has 2 aromatic rings. The van der Waals surface area contributed by atoms with E-state index in [1.807, 2.05) is 18.2 Å². The van der Waals surface area contributed by atoms with Gasteiger partial charge in [-0.1, -0.05) is 32.0 Å². The van der Waals surface area contributed by atoms with Crippen molar-refractivity contribution in [3.63, 3.8) is 0 Å². The molecule has 2 nitrogen and oxygen atoms in total. The summed E-state index contributed by atoms with van der Waals surface area (Å²) in [5, 5.41) is 4.69. The maximum atomic E-state index is 5.86. The summed E-state index contributed by atoms with van der Waals surface area (Å²) in [5.74, 6) is 1.05. The Hall–Kier alpha value is -1.28. The molecule has 0 saturated carbocycles. The zero-order valence-corrected chi connectivity index (χ0v) is 9.99. The molecule has 0 spiro atoms. The fraction of sp³-hybridized carbons (Fsp3) is 0.429. The topological polar surface area (TPSA) is 25.2 Å². The third-order valence-corrected chi connectivity index (χ3v) is 2.84. The average molecular weight is 217 g/mol. The Balaban J connectivity index is 2.23. The summed E-state index contributed by atoms with van der Waals surface area (Å²) < 4.78 is 5.86. The van der Waals surface area contributed by atoms with E-state index in [0.29, 0.717) is 6.04 Å². The maximum absolute atomic E-state index is 5.86. The van der Waals surface area contributed by atoms with Crippen LogP contribution in [0.2, 0.25) is 0 Å². The normalized spacial score (nSPS) is 13.1. The lowest BCUT2D eigenvalue weighted by Crippen LogP contribution is -2.20. The quantitative estimate of drug-likeness (QED) is 0.822. The first kappa shape index (κ1) is 11.2. The molecule has 16 heavy (non-hydrogen) atoms. The van der Waals surface area contributed by atoms with Gasteiger partial charge < -0.3 is 9.73 Å². The Morgan fingerprint density at radius 3 is 2.75 bits per heavy atom. The smallest absolute Gasteiger partial charge is 0.134 e. The second-order valence-electron chi connectivity index (χ2n) is 4.10. The van der Waals surface area contributed by atoms with Crippen LogP contribution in [0.4, 0.5) is 0 Å². The van der Waals surface area contributed by atoms with Gasteiger partial charge in [0.1, 0.15) is 11.3 Å². The Labute approximate surface area is 96.6 Å². The molecule has 0 radical (unpaired) electrons. The van der Waals surface area contributed by atoms with Gasteiger partial charge in [-0.25, -0.2) is 0 Å². The van der Waals surface area contributed by atoms with Gasteiger partial charge >= 0.3 is 0 Å². The van der Waals surface area contributed by atoms with Crippen LogP contribution in [-0.2, 0) is 0 Å². The number of fused-ring (bicyclic) bond motifs is 1. The van der Waals surface area contributed by atoms with E-state index < -0.39 is 0 Å². The number of rotatable bonds is 5. The van der Waals surface area contributed by atoms with Crippen molar-refractivity contribution in [2.45, 2.75) is 32.7 Å². The van der Waals surface area contributed by atoms with Gasteiger partial charge in [-0.05, 0) is 31.5 Å². The molecule has 0 bridgehead atoms. The van der Waals surface area contributed by atoms with E-state index in [1.54, 1.807) is 0 Å². The van der Waals surface area contributed by atoms with Gasteiger partial charge in [-0.2, -0.15) is 0 Å². The van der Waals surface area contributed by atoms with Crippen molar-refractivity contribution in [2.75, 3.05) is 6.54 Å². The minimum Gasteiger partial charge on any atom is -0.459 e. The first-order valence-electron chi connectivity index (χ1n) is 6.07. The van der Waals surface area contributed by atoms with Gasteiger partial charge in [-0.15, -0.1) is 0 Å². The fourth-order valence-electron chi connectivity index (χ4n) is 1.94. The highest BCUT2D eigenvalue weighted by Gasteiger charge is 2.12. The van der Waals surface area contributed by atoms with Crippen molar-refractivity contribution in [2.24, 2.45) is 0 Å². The lowest BCUT2D eigenvalue weighted by molar-refractivity contribution is 0.421. The van der Waals surface area contributed by atoms with Crippen molar-refractivity contribution in [1.82, 2.24) is 5.32 Å². The average Bonchev–Trinajstić information content (AvgIpc) is 2.73. The van der Waals surface area contributed by atoms with Crippen molar-refractivity contribution >= 4 is 11.0 Å². The molecule has 0 aliphatic heterocycles. The lowest BCUT2D eigenvalue weighted by atomic mass is 10.1. The summed E-state index contributed by atoms with van der Waals surface area (Å²) in [6.07, 6.45) is 2.20. The first-order chi connectivity index (χ1) is 7.85. The van der Waals surface area contributed by atoms with E-state index in [1.165, 1.54) is 5.39 Å². The molecule has 0 fully saturated rings. The molecule has 2 rings (SSSR count). The molecule has 0 amide bonds. The molecule has 0 aliphatic rings. The van der Waals surface area contributed by atoms with Crippen LogP contribution in [-0.4, -0.2) is 6.54 Å². The molecule has 1 aromatic heterocycles. The van der Waals surface area contributed by atoms with Crippen LogP contribution in [0.15, 0.2) is 34.7 Å². The zero-order chi connectivity index (χ0) is 11.4. The molecule has 1 unspecified atom stereocenters. The predicted molar refractivity (Wildman–Crippen MR) is 67.5 cm³/mol. The third kappa shape index (κ3) is 2.27. The molecule has 0 aliphatic carbocycles. The largest absolute Gasteiger partial charge is 0.459 e. The van der Waals surface area contributed by atoms with E-state index in [-0.39, 0.29) is 0 Å². The Morgan fingerprint density at radius 1 is 1.25 bits per heavy atom. The van der Waals surface area contributed by atoms with E-state index >= 15 is 0 Å². The van der Waals surface area contributed by atoms with Crippen LogP contribution in [0.3, 0.4) is 0 Å².